The summed E-state index contributed by atoms with van der Waals surface area (Å²) in [5, 5.41) is 9.94. The predicted molar refractivity (Wildman–Crippen MR) is 56.6 cm³/mol. The Morgan fingerprint density at radius 1 is 1.53 bits per heavy atom. The molecule has 0 aliphatic rings. The zero-order valence-corrected chi connectivity index (χ0v) is 9.25. The van der Waals surface area contributed by atoms with E-state index in [0.717, 1.165) is 0 Å². The van der Waals surface area contributed by atoms with Crippen LogP contribution < -0.4 is 10.5 Å². The van der Waals surface area contributed by atoms with Gasteiger partial charge in [0, 0.05) is 22.7 Å². The Morgan fingerprint density at radius 3 is 2.60 bits per heavy atom. The number of ether oxygens (including phenoxy) is 1. The molecule has 84 valence electrons. The highest BCUT2D eigenvalue weighted by Gasteiger charge is 2.20. The van der Waals surface area contributed by atoms with Crippen LogP contribution in [0.4, 0.5) is 4.39 Å². The Hall–Kier alpha value is -0.840. The molecule has 0 spiro atoms. The van der Waals surface area contributed by atoms with Crippen LogP contribution in [-0.2, 0) is 0 Å². The molecular formula is C10H13ClFNO2. The highest BCUT2D eigenvalue weighted by Crippen LogP contribution is 2.30. The van der Waals surface area contributed by atoms with E-state index in [1.165, 1.54) is 19.2 Å². The maximum atomic E-state index is 13.7. The van der Waals surface area contributed by atoms with E-state index in [-0.39, 0.29) is 11.3 Å². The molecule has 0 aliphatic carbocycles. The molecule has 0 amide bonds. The van der Waals surface area contributed by atoms with Crippen molar-refractivity contribution in [2.24, 2.45) is 5.73 Å². The number of rotatable bonds is 3. The number of aliphatic hydroxyl groups excluding tert-OH is 1. The minimum atomic E-state index is -1.10. The molecule has 1 rings (SSSR count). The van der Waals surface area contributed by atoms with Crippen molar-refractivity contribution in [3.63, 3.8) is 0 Å². The molecule has 0 saturated heterocycles. The van der Waals surface area contributed by atoms with Gasteiger partial charge in [0.1, 0.15) is 0 Å². The molecule has 5 heteroatoms. The van der Waals surface area contributed by atoms with Gasteiger partial charge in [0.15, 0.2) is 11.6 Å². The summed E-state index contributed by atoms with van der Waals surface area (Å²) in [6.07, 6.45) is -1.10. The SMILES string of the molecule is COc1cc(Cl)cc(C(O)C(C)N)c1F. The van der Waals surface area contributed by atoms with Gasteiger partial charge in [-0.25, -0.2) is 4.39 Å². The molecule has 0 heterocycles. The number of halogens is 2. The topological polar surface area (TPSA) is 55.5 Å². The average molecular weight is 234 g/mol. The summed E-state index contributed by atoms with van der Waals surface area (Å²) in [6, 6.07) is 2.10. The molecule has 3 nitrogen and oxygen atoms in total. The fraction of sp³-hybridized carbons (Fsp3) is 0.400. The van der Waals surface area contributed by atoms with Gasteiger partial charge in [-0.05, 0) is 13.0 Å². The van der Waals surface area contributed by atoms with Crippen molar-refractivity contribution in [2.75, 3.05) is 7.11 Å². The molecule has 0 radical (unpaired) electrons. The normalized spacial score (nSPS) is 14.8. The largest absolute Gasteiger partial charge is 0.494 e. The van der Waals surface area contributed by atoms with Crippen LogP contribution in [0.5, 0.6) is 5.75 Å². The highest BCUT2D eigenvalue weighted by molar-refractivity contribution is 6.30. The van der Waals surface area contributed by atoms with Gasteiger partial charge in [-0.1, -0.05) is 11.6 Å². The Bertz CT molecular complexity index is 358. The van der Waals surface area contributed by atoms with E-state index in [1.807, 2.05) is 0 Å². The Kier molecular flexibility index (Phi) is 3.90. The second kappa shape index (κ2) is 4.79. The van der Waals surface area contributed by atoms with E-state index < -0.39 is 18.0 Å². The van der Waals surface area contributed by atoms with Gasteiger partial charge in [0.05, 0.1) is 13.2 Å². The summed E-state index contributed by atoms with van der Waals surface area (Å²) < 4.78 is 18.4. The molecule has 0 saturated carbocycles. The van der Waals surface area contributed by atoms with Crippen LogP contribution >= 0.6 is 11.6 Å². The Balaban J connectivity index is 3.22. The molecule has 0 fully saturated rings. The summed E-state index contributed by atoms with van der Waals surface area (Å²) in [5.74, 6) is -0.635. The summed E-state index contributed by atoms with van der Waals surface area (Å²) in [5.41, 5.74) is 5.53. The monoisotopic (exact) mass is 233 g/mol. The van der Waals surface area contributed by atoms with Gasteiger partial charge >= 0.3 is 0 Å². The van der Waals surface area contributed by atoms with Crippen molar-refractivity contribution in [1.29, 1.82) is 0 Å². The van der Waals surface area contributed by atoms with Crippen LogP contribution in [0.3, 0.4) is 0 Å². The first kappa shape index (κ1) is 12.2. The first-order valence-corrected chi connectivity index (χ1v) is 4.81. The van der Waals surface area contributed by atoms with Crippen LogP contribution in [0.2, 0.25) is 5.02 Å². The number of benzene rings is 1. The first-order valence-electron chi connectivity index (χ1n) is 4.44. The van der Waals surface area contributed by atoms with E-state index >= 15 is 0 Å². The quantitative estimate of drug-likeness (QED) is 0.838. The number of methoxy groups -OCH3 is 1. The lowest BCUT2D eigenvalue weighted by Crippen LogP contribution is -2.25. The zero-order valence-electron chi connectivity index (χ0n) is 8.50. The van der Waals surface area contributed by atoms with E-state index in [9.17, 15) is 9.50 Å². The van der Waals surface area contributed by atoms with Gasteiger partial charge in [-0.2, -0.15) is 0 Å². The lowest BCUT2D eigenvalue weighted by molar-refractivity contribution is 0.148. The van der Waals surface area contributed by atoms with Gasteiger partial charge < -0.3 is 15.6 Å². The third-order valence-corrected chi connectivity index (χ3v) is 2.29. The smallest absolute Gasteiger partial charge is 0.170 e. The third-order valence-electron chi connectivity index (χ3n) is 2.07. The van der Waals surface area contributed by atoms with Gasteiger partial charge in [0.25, 0.3) is 0 Å². The molecule has 15 heavy (non-hydrogen) atoms. The van der Waals surface area contributed by atoms with E-state index in [2.05, 4.69) is 0 Å². The van der Waals surface area contributed by atoms with Crippen molar-refractivity contribution in [3.8, 4) is 5.75 Å². The number of nitrogens with two attached hydrogens (primary N) is 1. The lowest BCUT2D eigenvalue weighted by atomic mass is 10.0. The fourth-order valence-corrected chi connectivity index (χ4v) is 1.45. The first-order chi connectivity index (χ1) is 6.97. The minimum Gasteiger partial charge on any atom is -0.494 e. The van der Waals surface area contributed by atoms with Crippen LogP contribution in [0.1, 0.15) is 18.6 Å². The van der Waals surface area contributed by atoms with E-state index in [1.54, 1.807) is 6.92 Å². The molecule has 0 aromatic heterocycles. The van der Waals surface area contributed by atoms with Crippen molar-refractivity contribution < 1.29 is 14.2 Å². The van der Waals surface area contributed by atoms with Crippen molar-refractivity contribution in [2.45, 2.75) is 19.1 Å². The third kappa shape index (κ3) is 2.59. The summed E-state index contributed by atoms with van der Waals surface area (Å²) in [4.78, 5) is 0. The van der Waals surface area contributed by atoms with E-state index in [0.29, 0.717) is 5.02 Å². The molecular weight excluding hydrogens is 221 g/mol. The maximum absolute atomic E-state index is 13.7. The highest BCUT2D eigenvalue weighted by atomic mass is 35.5. The van der Waals surface area contributed by atoms with Crippen molar-refractivity contribution in [3.05, 3.63) is 28.5 Å². The second-order valence-electron chi connectivity index (χ2n) is 3.32. The molecule has 2 atom stereocenters. The van der Waals surface area contributed by atoms with Crippen molar-refractivity contribution in [1.82, 2.24) is 0 Å². The van der Waals surface area contributed by atoms with Gasteiger partial charge in [-0.3, -0.25) is 0 Å². The van der Waals surface area contributed by atoms with Crippen molar-refractivity contribution >= 4 is 11.6 Å². The summed E-state index contributed by atoms with van der Waals surface area (Å²) in [7, 11) is 1.33. The van der Waals surface area contributed by atoms with Crippen LogP contribution in [0, 0.1) is 5.82 Å². The second-order valence-corrected chi connectivity index (χ2v) is 3.75. The lowest BCUT2D eigenvalue weighted by Gasteiger charge is -2.17. The number of hydrogen-bond acceptors (Lipinski definition) is 3. The fourth-order valence-electron chi connectivity index (χ4n) is 1.23. The van der Waals surface area contributed by atoms with Crippen LogP contribution in [0.25, 0.3) is 0 Å². The molecule has 1 aromatic carbocycles. The van der Waals surface area contributed by atoms with Crippen LogP contribution in [0.15, 0.2) is 12.1 Å². The predicted octanol–water partition coefficient (Wildman–Crippen LogP) is 1.87. The van der Waals surface area contributed by atoms with Gasteiger partial charge in [-0.15, -0.1) is 0 Å². The average Bonchev–Trinajstić information content (AvgIpc) is 2.19. The Morgan fingerprint density at radius 2 is 2.13 bits per heavy atom. The number of hydrogen-bond donors (Lipinski definition) is 2. The molecule has 3 N–H and O–H groups in total. The summed E-state index contributed by atoms with van der Waals surface area (Å²) >= 11 is 5.75. The van der Waals surface area contributed by atoms with Crippen LogP contribution in [-0.4, -0.2) is 18.3 Å². The molecule has 0 bridgehead atoms. The molecule has 2 unspecified atom stereocenters. The number of aliphatic hydroxyl groups is 1. The Labute approximate surface area is 92.6 Å². The molecule has 1 aromatic rings. The zero-order chi connectivity index (χ0) is 11.6. The standard InChI is InChI=1S/C10H13ClFNO2/c1-5(13)10(14)7-3-6(11)4-8(15-2)9(7)12/h3-5,10,14H,13H2,1-2H3. The van der Waals surface area contributed by atoms with Gasteiger partial charge in [0.2, 0.25) is 0 Å². The minimum absolute atomic E-state index is 0.00259. The van der Waals surface area contributed by atoms with E-state index in [4.69, 9.17) is 22.1 Å². The maximum Gasteiger partial charge on any atom is 0.170 e. The molecule has 0 aliphatic heterocycles. The summed E-state index contributed by atoms with van der Waals surface area (Å²) in [6.45, 7) is 1.58.